The minimum atomic E-state index is 0.485. The minimum Gasteiger partial charge on any atom is -0.330 e. The largest absolute Gasteiger partial charge is 0.330 e. The van der Waals surface area contributed by atoms with Gasteiger partial charge in [-0.1, -0.05) is 6.07 Å². The van der Waals surface area contributed by atoms with Crippen molar-refractivity contribution in [3.63, 3.8) is 0 Å². The van der Waals surface area contributed by atoms with Crippen LogP contribution in [0.15, 0.2) is 36.8 Å². The molecule has 2 N–H and O–H groups in total. The molecule has 1 fully saturated rings. The number of aromatic nitrogens is 4. The number of nitrogens with two attached hydrogens (primary N) is 1. The van der Waals surface area contributed by atoms with Gasteiger partial charge in [0.2, 0.25) is 0 Å². The molecule has 4 rings (SSSR count). The predicted molar refractivity (Wildman–Crippen MR) is 97.1 cm³/mol. The average molecular weight is 332 g/mol. The first-order valence-corrected chi connectivity index (χ1v) is 8.65. The highest BCUT2D eigenvalue weighted by Crippen LogP contribution is 2.40. The van der Waals surface area contributed by atoms with Crippen LogP contribution in [0.1, 0.15) is 31.7 Å². The van der Waals surface area contributed by atoms with Gasteiger partial charge in [-0.05, 0) is 50.3 Å². The number of fused-ring (bicyclic) bond motifs is 1. The van der Waals surface area contributed by atoms with E-state index in [0.717, 1.165) is 41.2 Å². The Morgan fingerprint density at radius 3 is 2.92 bits per heavy atom. The van der Waals surface area contributed by atoms with Crippen molar-refractivity contribution in [3.8, 4) is 11.3 Å². The van der Waals surface area contributed by atoms with Crippen LogP contribution in [0.2, 0.25) is 0 Å². The van der Waals surface area contributed by atoms with E-state index in [2.05, 4.69) is 30.8 Å². The van der Waals surface area contributed by atoms with Gasteiger partial charge >= 0.3 is 0 Å². The van der Waals surface area contributed by atoms with Crippen molar-refractivity contribution in [2.45, 2.75) is 31.7 Å². The molecule has 2 heterocycles. The van der Waals surface area contributed by atoms with Crippen LogP contribution in [-0.2, 0) is 0 Å². The van der Waals surface area contributed by atoms with E-state index in [1.165, 1.54) is 19.3 Å². The number of benzene rings is 1. The van der Waals surface area contributed by atoms with Gasteiger partial charge in [-0.25, -0.2) is 9.83 Å². The zero-order valence-electron chi connectivity index (χ0n) is 14.0. The summed E-state index contributed by atoms with van der Waals surface area (Å²) in [5, 5.41) is 4.52. The van der Waals surface area contributed by atoms with Gasteiger partial charge in [-0.2, -0.15) is 5.10 Å². The van der Waals surface area contributed by atoms with E-state index in [-0.39, 0.29) is 0 Å². The molecule has 0 atom stereocenters. The standard InChI is InChI=1S/C19H20N6/c1-21-15-4-5-17-18(9-15)24-19(11-22-17)14-10-23-25(12-14)16-7-13(8-16)3-2-6-20/h4-5,9-13,16H,2-3,6-8,20H2. The Morgan fingerprint density at radius 1 is 1.24 bits per heavy atom. The second-order valence-electron chi connectivity index (χ2n) is 6.67. The van der Waals surface area contributed by atoms with Crippen LogP contribution in [0.3, 0.4) is 0 Å². The molecule has 0 amide bonds. The Kier molecular flexibility index (Phi) is 4.16. The lowest BCUT2D eigenvalue weighted by atomic mass is 9.77. The molecule has 3 aromatic rings. The Morgan fingerprint density at radius 2 is 2.12 bits per heavy atom. The Bertz CT molecular complexity index is 932. The van der Waals surface area contributed by atoms with Gasteiger partial charge in [-0.15, -0.1) is 0 Å². The quantitative estimate of drug-likeness (QED) is 0.722. The zero-order chi connectivity index (χ0) is 17.2. The first kappa shape index (κ1) is 15.7. The summed E-state index contributed by atoms with van der Waals surface area (Å²) in [6, 6.07) is 5.86. The third-order valence-corrected chi connectivity index (χ3v) is 4.95. The van der Waals surface area contributed by atoms with Gasteiger partial charge in [0.1, 0.15) is 0 Å². The van der Waals surface area contributed by atoms with Gasteiger partial charge in [-0.3, -0.25) is 9.67 Å². The van der Waals surface area contributed by atoms with Crippen LogP contribution in [0, 0.1) is 12.5 Å². The fourth-order valence-electron chi connectivity index (χ4n) is 3.44. The molecule has 0 unspecified atom stereocenters. The summed E-state index contributed by atoms with van der Waals surface area (Å²) in [4.78, 5) is 12.6. The van der Waals surface area contributed by atoms with Crippen LogP contribution in [0.4, 0.5) is 5.69 Å². The molecular weight excluding hydrogens is 312 g/mol. The molecule has 25 heavy (non-hydrogen) atoms. The molecule has 2 aromatic heterocycles. The minimum absolute atomic E-state index is 0.485. The third kappa shape index (κ3) is 3.11. The van der Waals surface area contributed by atoms with E-state index in [9.17, 15) is 0 Å². The van der Waals surface area contributed by atoms with Crippen LogP contribution in [0.25, 0.3) is 27.1 Å². The number of nitrogens with zero attached hydrogens (tertiary/aromatic N) is 5. The second-order valence-corrected chi connectivity index (χ2v) is 6.67. The summed E-state index contributed by atoms with van der Waals surface area (Å²) in [6.07, 6.45) is 10.4. The van der Waals surface area contributed by atoms with Gasteiger partial charge in [0.05, 0.1) is 41.7 Å². The van der Waals surface area contributed by atoms with Crippen molar-refractivity contribution < 1.29 is 0 Å². The van der Waals surface area contributed by atoms with Gasteiger partial charge in [0.25, 0.3) is 0 Å². The van der Waals surface area contributed by atoms with Crippen LogP contribution < -0.4 is 5.73 Å². The molecule has 0 radical (unpaired) electrons. The highest BCUT2D eigenvalue weighted by atomic mass is 15.3. The molecule has 6 heteroatoms. The highest BCUT2D eigenvalue weighted by Gasteiger charge is 2.30. The van der Waals surface area contributed by atoms with Crippen molar-refractivity contribution >= 4 is 16.7 Å². The van der Waals surface area contributed by atoms with Crippen molar-refractivity contribution in [3.05, 3.63) is 48.2 Å². The fraction of sp³-hybridized carbons (Fsp3) is 0.368. The Labute approximate surface area is 146 Å². The third-order valence-electron chi connectivity index (χ3n) is 4.95. The summed E-state index contributed by atoms with van der Waals surface area (Å²) in [6.45, 7) is 7.91. The van der Waals surface area contributed by atoms with Crippen molar-refractivity contribution in [1.29, 1.82) is 0 Å². The van der Waals surface area contributed by atoms with Crippen molar-refractivity contribution in [1.82, 2.24) is 19.7 Å². The fourth-order valence-corrected chi connectivity index (χ4v) is 3.44. The molecule has 1 aliphatic rings. The summed E-state index contributed by atoms with van der Waals surface area (Å²) < 4.78 is 2.05. The molecular formula is C19H20N6. The monoisotopic (exact) mass is 332 g/mol. The molecule has 1 aliphatic carbocycles. The van der Waals surface area contributed by atoms with Crippen molar-refractivity contribution in [2.75, 3.05) is 6.54 Å². The predicted octanol–water partition coefficient (Wildman–Crippen LogP) is 3.73. The van der Waals surface area contributed by atoms with E-state index in [4.69, 9.17) is 12.3 Å². The summed E-state index contributed by atoms with van der Waals surface area (Å²) in [5.74, 6) is 0.786. The lowest BCUT2D eigenvalue weighted by Crippen LogP contribution is -2.27. The van der Waals surface area contributed by atoms with Crippen LogP contribution in [-0.4, -0.2) is 26.3 Å². The summed E-state index contributed by atoms with van der Waals surface area (Å²) >= 11 is 0. The number of hydrogen-bond acceptors (Lipinski definition) is 4. The first-order valence-electron chi connectivity index (χ1n) is 8.65. The Hall–Kier alpha value is -2.78. The Balaban J connectivity index is 1.52. The lowest BCUT2D eigenvalue weighted by molar-refractivity contribution is 0.171. The molecule has 0 saturated heterocycles. The normalized spacial score (nSPS) is 19.5. The molecule has 0 aliphatic heterocycles. The topological polar surface area (TPSA) is 74.0 Å². The van der Waals surface area contributed by atoms with E-state index in [1.807, 2.05) is 12.3 Å². The van der Waals surface area contributed by atoms with E-state index < -0.39 is 0 Å². The van der Waals surface area contributed by atoms with Crippen LogP contribution >= 0.6 is 0 Å². The molecule has 0 bridgehead atoms. The van der Waals surface area contributed by atoms with Gasteiger partial charge in [0, 0.05) is 11.8 Å². The molecule has 1 aromatic carbocycles. The van der Waals surface area contributed by atoms with Crippen molar-refractivity contribution in [2.24, 2.45) is 11.7 Å². The molecule has 126 valence electrons. The van der Waals surface area contributed by atoms with Crippen LogP contribution in [0.5, 0.6) is 0 Å². The van der Waals surface area contributed by atoms with E-state index >= 15 is 0 Å². The second kappa shape index (κ2) is 6.61. The lowest BCUT2D eigenvalue weighted by Gasteiger charge is -2.35. The van der Waals surface area contributed by atoms with E-state index in [0.29, 0.717) is 11.7 Å². The smallest absolute Gasteiger partial charge is 0.189 e. The first-order chi connectivity index (χ1) is 12.3. The van der Waals surface area contributed by atoms with Gasteiger partial charge in [0.15, 0.2) is 5.69 Å². The van der Waals surface area contributed by atoms with E-state index in [1.54, 1.807) is 18.3 Å². The molecule has 1 saturated carbocycles. The summed E-state index contributed by atoms with van der Waals surface area (Å²) in [7, 11) is 0. The maximum Gasteiger partial charge on any atom is 0.189 e. The maximum absolute atomic E-state index is 7.13. The molecule has 6 nitrogen and oxygen atoms in total. The highest BCUT2D eigenvalue weighted by molar-refractivity contribution is 5.80. The van der Waals surface area contributed by atoms with Gasteiger partial charge < -0.3 is 5.73 Å². The SMILES string of the molecule is [C-]#[N+]c1ccc2ncc(-c3cnn(C4CC(CCCN)C4)c3)nc2c1. The summed E-state index contributed by atoms with van der Waals surface area (Å²) in [5.41, 5.74) is 9.45. The molecule has 0 spiro atoms. The number of rotatable bonds is 5. The maximum atomic E-state index is 7.13. The zero-order valence-corrected chi connectivity index (χ0v) is 14.0. The number of hydrogen-bond donors (Lipinski definition) is 1. The average Bonchev–Trinajstić information content (AvgIpc) is 3.09.